The molecule has 0 saturated carbocycles. The van der Waals surface area contributed by atoms with Crippen LogP contribution in [-0.4, -0.2) is 55.6 Å². The van der Waals surface area contributed by atoms with Crippen molar-refractivity contribution in [3.8, 4) is 0 Å². The van der Waals surface area contributed by atoms with Crippen LogP contribution < -0.4 is 5.32 Å². The predicted octanol–water partition coefficient (Wildman–Crippen LogP) is 4.73. The molecule has 2 rings (SSSR count). The van der Waals surface area contributed by atoms with Gasteiger partial charge in [-0.2, -0.15) is 0 Å². The zero-order valence-corrected chi connectivity index (χ0v) is 22.7. The number of carbonyl (C=O) groups excluding carboxylic acids is 2. The van der Waals surface area contributed by atoms with Gasteiger partial charge in [-0.25, -0.2) is 12.7 Å². The fourth-order valence-corrected chi connectivity index (χ4v) is 5.31. The predicted molar refractivity (Wildman–Crippen MR) is 140 cm³/mol. The first-order valence-corrected chi connectivity index (χ1v) is 13.8. The van der Waals surface area contributed by atoms with Gasteiger partial charge < -0.3 is 10.2 Å². The van der Waals surface area contributed by atoms with Crippen LogP contribution in [0.3, 0.4) is 0 Å². The van der Waals surface area contributed by atoms with Gasteiger partial charge in [0, 0.05) is 43.1 Å². The summed E-state index contributed by atoms with van der Waals surface area (Å²) < 4.78 is 26.7. The summed E-state index contributed by atoms with van der Waals surface area (Å²) in [4.78, 5) is 27.9. The third-order valence-corrected chi connectivity index (χ3v) is 8.06. The molecule has 7 nitrogen and oxygen atoms in total. The van der Waals surface area contributed by atoms with Crippen molar-refractivity contribution in [2.45, 2.75) is 57.0 Å². The molecule has 2 aromatic rings. The molecular weight excluding hydrogens is 509 g/mol. The van der Waals surface area contributed by atoms with Gasteiger partial charge in [0.05, 0.1) is 4.90 Å². The maximum Gasteiger partial charge on any atom is 0.242 e. The third-order valence-electron chi connectivity index (χ3n) is 5.61. The Bertz CT molecular complexity index is 1100. The van der Waals surface area contributed by atoms with Gasteiger partial charge >= 0.3 is 0 Å². The average Bonchev–Trinajstić information content (AvgIpc) is 2.84. The summed E-state index contributed by atoms with van der Waals surface area (Å²) in [6, 6.07) is 12.5. The molecule has 0 bridgehead atoms. The van der Waals surface area contributed by atoms with Gasteiger partial charge in [-0.05, 0) is 49.1 Å². The van der Waals surface area contributed by atoms with Gasteiger partial charge in [0.2, 0.25) is 21.8 Å². The van der Waals surface area contributed by atoms with Crippen molar-refractivity contribution in [2.24, 2.45) is 0 Å². The number of rotatable bonds is 13. The van der Waals surface area contributed by atoms with Crippen molar-refractivity contribution in [2.75, 3.05) is 20.1 Å². The highest BCUT2D eigenvalue weighted by molar-refractivity contribution is 7.89. The smallest absolute Gasteiger partial charge is 0.242 e. The molecule has 0 spiro atoms. The van der Waals surface area contributed by atoms with E-state index in [2.05, 4.69) is 5.32 Å². The monoisotopic (exact) mass is 541 g/mol. The number of hydrogen-bond acceptors (Lipinski definition) is 4. The number of amides is 2. The molecular formula is C25H33Cl2N3O4S. The molecule has 0 aromatic heterocycles. The van der Waals surface area contributed by atoms with Crippen molar-refractivity contribution >= 4 is 45.0 Å². The molecule has 192 valence electrons. The van der Waals surface area contributed by atoms with E-state index in [1.54, 1.807) is 36.4 Å². The van der Waals surface area contributed by atoms with Crippen molar-refractivity contribution in [3.05, 3.63) is 64.1 Å². The fraction of sp³-hybridized carbons (Fsp3) is 0.440. The van der Waals surface area contributed by atoms with Gasteiger partial charge in [0.1, 0.15) is 6.04 Å². The summed E-state index contributed by atoms with van der Waals surface area (Å²) in [5.41, 5.74) is 0.676. The van der Waals surface area contributed by atoms with E-state index in [9.17, 15) is 18.0 Å². The molecule has 0 heterocycles. The van der Waals surface area contributed by atoms with Crippen LogP contribution in [0.25, 0.3) is 0 Å². The number of benzene rings is 2. The first kappa shape index (κ1) is 29.1. The van der Waals surface area contributed by atoms with E-state index < -0.39 is 16.1 Å². The molecule has 1 N–H and O–H groups in total. The lowest BCUT2D eigenvalue weighted by Gasteiger charge is -2.31. The van der Waals surface area contributed by atoms with Crippen LogP contribution in [0.5, 0.6) is 0 Å². The van der Waals surface area contributed by atoms with Gasteiger partial charge in [0.25, 0.3) is 0 Å². The van der Waals surface area contributed by atoms with Crippen LogP contribution in [-0.2, 0) is 26.2 Å². The average molecular weight is 543 g/mol. The first-order chi connectivity index (χ1) is 16.6. The second-order valence-corrected chi connectivity index (χ2v) is 11.1. The lowest BCUT2D eigenvalue weighted by Crippen LogP contribution is -2.49. The zero-order chi connectivity index (χ0) is 26.0. The molecule has 35 heavy (non-hydrogen) atoms. The number of halogens is 2. The van der Waals surface area contributed by atoms with E-state index in [4.69, 9.17) is 23.2 Å². The van der Waals surface area contributed by atoms with E-state index in [1.807, 2.05) is 13.8 Å². The summed E-state index contributed by atoms with van der Waals surface area (Å²) in [5.74, 6) is -0.475. The standard InChI is InChI=1S/C25H33Cl2N3O4S/c1-4-15-28-25(32)23(5-2)30(18-19-13-14-20(26)17-22(19)27)24(31)12-9-16-29(3)35(33,34)21-10-7-6-8-11-21/h6-8,10-11,13-14,17,23H,4-5,9,12,15-16,18H2,1-3H3,(H,28,32)/t23-/m1/s1. The van der Waals surface area contributed by atoms with Crippen LogP contribution in [0.15, 0.2) is 53.4 Å². The van der Waals surface area contributed by atoms with Crippen LogP contribution in [0, 0.1) is 0 Å². The number of nitrogens with one attached hydrogen (secondary N) is 1. The summed E-state index contributed by atoms with van der Waals surface area (Å²) in [7, 11) is -2.15. The summed E-state index contributed by atoms with van der Waals surface area (Å²) in [6.45, 7) is 4.63. The Balaban J connectivity index is 2.15. The highest BCUT2D eigenvalue weighted by Gasteiger charge is 2.29. The van der Waals surface area contributed by atoms with E-state index in [0.29, 0.717) is 35.0 Å². The normalized spacial score (nSPS) is 12.4. The van der Waals surface area contributed by atoms with Crippen molar-refractivity contribution in [1.82, 2.24) is 14.5 Å². The minimum atomic E-state index is -3.65. The Labute approximate surface area is 218 Å². The largest absolute Gasteiger partial charge is 0.354 e. The van der Waals surface area contributed by atoms with Gasteiger partial charge in [-0.3, -0.25) is 9.59 Å². The lowest BCUT2D eigenvalue weighted by molar-refractivity contribution is -0.141. The maximum absolute atomic E-state index is 13.3. The van der Waals surface area contributed by atoms with Gasteiger partial charge in [-0.15, -0.1) is 0 Å². The van der Waals surface area contributed by atoms with E-state index in [1.165, 1.54) is 28.4 Å². The molecule has 2 aromatic carbocycles. The Morgan fingerprint density at radius 1 is 1.06 bits per heavy atom. The molecule has 0 aliphatic rings. The second-order valence-electron chi connectivity index (χ2n) is 8.22. The van der Waals surface area contributed by atoms with Crippen molar-refractivity contribution in [1.29, 1.82) is 0 Å². The molecule has 0 unspecified atom stereocenters. The Morgan fingerprint density at radius 2 is 1.74 bits per heavy atom. The fourth-order valence-electron chi connectivity index (χ4n) is 3.61. The minimum Gasteiger partial charge on any atom is -0.354 e. The van der Waals surface area contributed by atoms with Gasteiger partial charge in [-0.1, -0.05) is 61.3 Å². The second kappa shape index (κ2) is 13.8. The number of sulfonamides is 1. The summed E-state index contributed by atoms with van der Waals surface area (Å²) >= 11 is 12.4. The first-order valence-electron chi connectivity index (χ1n) is 11.6. The zero-order valence-electron chi connectivity index (χ0n) is 20.3. The molecule has 0 radical (unpaired) electrons. The Morgan fingerprint density at radius 3 is 2.34 bits per heavy atom. The molecule has 0 aliphatic carbocycles. The molecule has 0 aliphatic heterocycles. The number of hydrogen-bond donors (Lipinski definition) is 1. The number of carbonyl (C=O) groups is 2. The van der Waals surface area contributed by atoms with Crippen LogP contribution in [0.1, 0.15) is 45.1 Å². The van der Waals surface area contributed by atoms with Gasteiger partial charge in [0.15, 0.2) is 0 Å². The molecule has 10 heteroatoms. The van der Waals surface area contributed by atoms with Crippen LogP contribution in [0.2, 0.25) is 10.0 Å². The summed E-state index contributed by atoms with van der Waals surface area (Å²) in [5, 5.41) is 3.75. The highest BCUT2D eigenvalue weighted by Crippen LogP contribution is 2.24. The van der Waals surface area contributed by atoms with E-state index >= 15 is 0 Å². The van der Waals surface area contributed by atoms with Crippen LogP contribution in [0.4, 0.5) is 0 Å². The summed E-state index contributed by atoms with van der Waals surface area (Å²) in [6.07, 6.45) is 1.59. The Hall–Kier alpha value is -2.13. The lowest BCUT2D eigenvalue weighted by atomic mass is 10.1. The highest BCUT2D eigenvalue weighted by atomic mass is 35.5. The maximum atomic E-state index is 13.3. The van der Waals surface area contributed by atoms with E-state index in [-0.39, 0.29) is 36.2 Å². The molecule has 1 atom stereocenters. The molecule has 0 saturated heterocycles. The third kappa shape index (κ3) is 8.20. The topological polar surface area (TPSA) is 86.8 Å². The van der Waals surface area contributed by atoms with Crippen molar-refractivity contribution in [3.63, 3.8) is 0 Å². The number of nitrogens with zero attached hydrogens (tertiary/aromatic N) is 2. The Kier molecular flexibility index (Phi) is 11.5. The minimum absolute atomic E-state index is 0.0808. The van der Waals surface area contributed by atoms with Crippen molar-refractivity contribution < 1.29 is 18.0 Å². The van der Waals surface area contributed by atoms with E-state index in [0.717, 1.165) is 6.42 Å². The molecule has 2 amide bonds. The quantitative estimate of drug-likeness (QED) is 0.397. The SMILES string of the molecule is CCCNC(=O)[C@@H](CC)N(Cc1ccc(Cl)cc1Cl)C(=O)CCCN(C)S(=O)(=O)c1ccccc1. The van der Waals surface area contributed by atoms with Crippen LogP contribution >= 0.6 is 23.2 Å². The molecule has 0 fully saturated rings.